The number of ether oxygens (including phenoxy) is 1. The van der Waals surface area contributed by atoms with Crippen LogP contribution >= 0.6 is 0 Å². The second-order valence-corrected chi connectivity index (χ2v) is 4.77. The van der Waals surface area contributed by atoms with Crippen molar-refractivity contribution in [2.45, 2.75) is 38.8 Å². The molecule has 0 amide bonds. The zero-order valence-electron chi connectivity index (χ0n) is 11.8. The van der Waals surface area contributed by atoms with Crippen LogP contribution in [0.25, 0.3) is 0 Å². The summed E-state index contributed by atoms with van der Waals surface area (Å²) in [7, 11) is 0. The van der Waals surface area contributed by atoms with Crippen molar-refractivity contribution in [1.82, 2.24) is 10.4 Å². The van der Waals surface area contributed by atoms with Crippen LogP contribution in [0, 0.1) is 0 Å². The quantitative estimate of drug-likeness (QED) is 0.406. The molecule has 1 saturated heterocycles. The summed E-state index contributed by atoms with van der Waals surface area (Å²) in [6.07, 6.45) is 0.498. The average molecular weight is 238 g/mol. The average Bonchev–Trinajstić information content (AvgIpc) is 2.47. The largest absolute Gasteiger partial charge is 1.00 e. The van der Waals surface area contributed by atoms with Gasteiger partial charge in [0.2, 0.25) is 0 Å². The Morgan fingerprint density at radius 1 is 1.53 bits per heavy atom. The van der Waals surface area contributed by atoms with Crippen molar-refractivity contribution < 1.29 is 39.7 Å². The third-order valence-corrected chi connectivity index (χ3v) is 2.11. The monoisotopic (exact) mass is 238 g/mol. The molecule has 0 aromatic carbocycles. The van der Waals surface area contributed by atoms with Gasteiger partial charge < -0.3 is 11.3 Å². The fourth-order valence-corrected chi connectivity index (χ4v) is 1.55. The van der Waals surface area contributed by atoms with Crippen molar-refractivity contribution >= 4 is 11.9 Å². The summed E-state index contributed by atoms with van der Waals surface area (Å²) >= 11 is 0. The van der Waals surface area contributed by atoms with Crippen molar-refractivity contribution in [2.75, 3.05) is 13.1 Å². The maximum atomic E-state index is 11.5. The van der Waals surface area contributed by atoms with E-state index >= 15 is 0 Å². The molecule has 1 aliphatic heterocycles. The number of hydrogen-bond acceptors (Lipinski definition) is 5. The summed E-state index contributed by atoms with van der Waals surface area (Å²) in [4.78, 5) is 22.3. The molecule has 7 heteroatoms. The van der Waals surface area contributed by atoms with Crippen molar-refractivity contribution in [2.24, 2.45) is 0 Å². The summed E-state index contributed by atoms with van der Waals surface area (Å²) in [5.41, 5.74) is 2.31. The van der Waals surface area contributed by atoms with Crippen molar-refractivity contribution in [3.8, 4) is 0 Å². The molecule has 2 N–H and O–H groups in total. The van der Waals surface area contributed by atoms with Crippen LogP contribution in [0.15, 0.2) is 0 Å². The zero-order chi connectivity index (χ0) is 12.3. The number of carbonyl (C=O) groups excluding carboxylic acids is 1. The molecule has 1 heterocycles. The van der Waals surface area contributed by atoms with Gasteiger partial charge in [-0.25, -0.2) is 5.01 Å². The molecule has 1 aliphatic rings. The maximum Gasteiger partial charge on any atom is 1.00 e. The molecular weight excluding hydrogens is 219 g/mol. The number of carboxylic acid groups (broad SMARTS) is 1. The molecule has 1 fully saturated rings. The van der Waals surface area contributed by atoms with Crippen LogP contribution in [0.2, 0.25) is 0 Å². The van der Waals surface area contributed by atoms with E-state index in [0.29, 0.717) is 13.0 Å². The van der Waals surface area contributed by atoms with E-state index in [4.69, 9.17) is 9.84 Å². The zero-order valence-corrected chi connectivity index (χ0v) is 10.8. The van der Waals surface area contributed by atoms with Crippen LogP contribution in [0.5, 0.6) is 0 Å². The van der Waals surface area contributed by atoms with Crippen LogP contribution in [-0.2, 0) is 14.3 Å². The van der Waals surface area contributed by atoms with Gasteiger partial charge >= 0.3 is 30.8 Å². The number of hydrazine groups is 1. The number of aliphatic carboxylic acids is 1. The summed E-state index contributed by atoms with van der Waals surface area (Å²) in [6.45, 7) is 5.85. The standard InChI is InChI=1S/C10H18N2O4.Li.H/c1-10(2,3)16-8(13)6-12-7(9(14)15)4-5-11-12;;/h7,11H,4-6H2,1-3H3,(H,14,15);;/q;+1;-1/t7-;;/m0../s1. The van der Waals surface area contributed by atoms with Gasteiger partial charge in [0.15, 0.2) is 0 Å². The third kappa shape index (κ3) is 5.55. The van der Waals surface area contributed by atoms with E-state index in [1.54, 1.807) is 20.8 Å². The van der Waals surface area contributed by atoms with Crippen molar-refractivity contribution in [3.63, 3.8) is 0 Å². The Morgan fingerprint density at radius 2 is 2.12 bits per heavy atom. The molecule has 0 aromatic rings. The first-order chi connectivity index (χ1) is 7.29. The minimum atomic E-state index is -0.923. The summed E-state index contributed by atoms with van der Waals surface area (Å²) in [6, 6.07) is -0.646. The van der Waals surface area contributed by atoms with Gasteiger partial charge in [-0.1, -0.05) is 0 Å². The molecule has 0 saturated carbocycles. The Morgan fingerprint density at radius 3 is 2.59 bits per heavy atom. The number of nitrogens with zero attached hydrogens (tertiary/aromatic N) is 1. The predicted octanol–water partition coefficient (Wildman–Crippen LogP) is -2.89. The van der Waals surface area contributed by atoms with Gasteiger partial charge in [-0.3, -0.25) is 15.0 Å². The van der Waals surface area contributed by atoms with E-state index in [1.807, 2.05) is 0 Å². The normalized spacial score (nSPS) is 20.8. The first-order valence-corrected chi connectivity index (χ1v) is 5.24. The number of hydrogen-bond donors (Lipinski definition) is 2. The first kappa shape index (κ1) is 16.5. The van der Waals surface area contributed by atoms with E-state index in [0.717, 1.165) is 0 Å². The molecule has 6 nitrogen and oxygen atoms in total. The summed E-state index contributed by atoms with van der Waals surface area (Å²) in [5.74, 6) is -1.35. The SMILES string of the molecule is CC(C)(C)OC(=O)CN1NCC[C@H]1C(=O)O.[H-].[Li+]. The van der Waals surface area contributed by atoms with Crippen LogP contribution in [-0.4, -0.2) is 46.8 Å². The molecule has 0 aliphatic carbocycles. The second-order valence-electron chi connectivity index (χ2n) is 4.77. The third-order valence-electron chi connectivity index (χ3n) is 2.11. The van der Waals surface area contributed by atoms with E-state index < -0.39 is 23.6 Å². The topological polar surface area (TPSA) is 78.9 Å². The van der Waals surface area contributed by atoms with Gasteiger partial charge in [-0.05, 0) is 27.2 Å². The van der Waals surface area contributed by atoms with E-state index in [9.17, 15) is 9.59 Å². The molecule has 17 heavy (non-hydrogen) atoms. The first-order valence-electron chi connectivity index (χ1n) is 5.24. The number of carbonyl (C=O) groups is 2. The Balaban J connectivity index is 0. The van der Waals surface area contributed by atoms with Gasteiger partial charge in [-0.2, -0.15) is 0 Å². The minimum absolute atomic E-state index is 0. The number of carboxylic acids is 1. The molecule has 1 atom stereocenters. The molecule has 0 spiro atoms. The fourth-order valence-electron chi connectivity index (χ4n) is 1.55. The van der Waals surface area contributed by atoms with Crippen molar-refractivity contribution in [3.05, 3.63) is 0 Å². The number of rotatable bonds is 3. The van der Waals surface area contributed by atoms with Crippen molar-refractivity contribution in [1.29, 1.82) is 0 Å². The van der Waals surface area contributed by atoms with Crippen LogP contribution in [0.1, 0.15) is 28.6 Å². The molecular formula is C10H19LiN2O4. The van der Waals surface area contributed by atoms with Crippen LogP contribution < -0.4 is 24.3 Å². The molecule has 0 unspecified atom stereocenters. The summed E-state index contributed by atoms with van der Waals surface area (Å²) < 4.78 is 5.11. The smallest absolute Gasteiger partial charge is 1.00 e. The van der Waals surface area contributed by atoms with E-state index in [1.165, 1.54) is 5.01 Å². The molecule has 0 radical (unpaired) electrons. The second kappa shape index (κ2) is 6.41. The Labute approximate surface area is 114 Å². The molecule has 0 aromatic heterocycles. The molecule has 1 rings (SSSR count). The van der Waals surface area contributed by atoms with E-state index in [-0.39, 0.29) is 26.8 Å². The van der Waals surface area contributed by atoms with Gasteiger partial charge in [0.25, 0.3) is 0 Å². The maximum absolute atomic E-state index is 11.5. The van der Waals surface area contributed by atoms with E-state index in [2.05, 4.69) is 5.43 Å². The summed E-state index contributed by atoms with van der Waals surface area (Å²) in [5, 5.41) is 10.3. The van der Waals surface area contributed by atoms with Gasteiger partial charge in [-0.15, -0.1) is 0 Å². The minimum Gasteiger partial charge on any atom is -1.00 e. The number of esters is 1. The molecule has 94 valence electrons. The van der Waals surface area contributed by atoms with Gasteiger partial charge in [0, 0.05) is 6.54 Å². The van der Waals surface area contributed by atoms with Gasteiger partial charge in [0.1, 0.15) is 18.2 Å². The van der Waals surface area contributed by atoms with Crippen LogP contribution in [0.4, 0.5) is 0 Å². The molecule has 0 bridgehead atoms. The Hall–Kier alpha value is -0.543. The number of nitrogens with one attached hydrogen (secondary N) is 1. The van der Waals surface area contributed by atoms with Crippen LogP contribution in [0.3, 0.4) is 0 Å². The Kier molecular flexibility index (Phi) is 6.20. The predicted molar refractivity (Wildman–Crippen MR) is 57.7 cm³/mol. The Bertz CT molecular complexity index is 296. The van der Waals surface area contributed by atoms with Gasteiger partial charge in [0.05, 0.1) is 0 Å². The fraction of sp³-hybridized carbons (Fsp3) is 0.800.